The lowest BCUT2D eigenvalue weighted by molar-refractivity contribution is 0.0954. The van der Waals surface area contributed by atoms with Crippen molar-refractivity contribution in [2.75, 3.05) is 33.9 Å². The summed E-state index contributed by atoms with van der Waals surface area (Å²) in [7, 11) is 3.30. The number of amides is 1. The van der Waals surface area contributed by atoms with E-state index in [9.17, 15) is 4.79 Å². The number of aliphatic imine (C=N–C) groups is 1. The van der Waals surface area contributed by atoms with Crippen LogP contribution in [0.25, 0.3) is 0 Å². The van der Waals surface area contributed by atoms with Gasteiger partial charge in [-0.05, 0) is 37.3 Å². The minimum atomic E-state index is -0.127. The van der Waals surface area contributed by atoms with Crippen LogP contribution in [0.3, 0.4) is 0 Å². The van der Waals surface area contributed by atoms with Gasteiger partial charge in [-0.15, -0.1) is 24.0 Å². The molecule has 0 fully saturated rings. The van der Waals surface area contributed by atoms with Gasteiger partial charge >= 0.3 is 0 Å². The molecule has 2 aromatic carbocycles. The van der Waals surface area contributed by atoms with Gasteiger partial charge in [0.1, 0.15) is 11.5 Å². The van der Waals surface area contributed by atoms with Crippen molar-refractivity contribution < 1.29 is 14.3 Å². The first-order valence-electron chi connectivity index (χ1n) is 9.25. The van der Waals surface area contributed by atoms with E-state index in [4.69, 9.17) is 9.47 Å². The average Bonchev–Trinajstić information content (AvgIpc) is 2.74. The molecule has 0 saturated heterocycles. The summed E-state index contributed by atoms with van der Waals surface area (Å²) in [6.45, 7) is 4.20. The number of hydrogen-bond acceptors (Lipinski definition) is 4. The summed E-state index contributed by atoms with van der Waals surface area (Å²) < 4.78 is 10.7. The molecule has 0 aliphatic heterocycles. The highest BCUT2D eigenvalue weighted by Crippen LogP contribution is 2.17. The molecular weight excluding hydrogens is 483 g/mol. The van der Waals surface area contributed by atoms with Gasteiger partial charge in [0, 0.05) is 37.8 Å². The Morgan fingerprint density at radius 1 is 1.00 bits per heavy atom. The fraction of sp³-hybridized carbons (Fsp3) is 0.333. The standard InChI is InChI=1S/C21H28N4O3.HI/c1-4-28-19-8-6-5-7-17(19)15-25-21(22-2)24-14-13-23-20(26)16-9-11-18(27-3)12-10-16;/h5-12H,4,13-15H2,1-3H3,(H,23,26)(H2,22,24,25);1H. The predicted molar refractivity (Wildman–Crippen MR) is 127 cm³/mol. The van der Waals surface area contributed by atoms with E-state index < -0.39 is 0 Å². The van der Waals surface area contributed by atoms with E-state index in [0.29, 0.717) is 37.8 Å². The average molecular weight is 512 g/mol. The summed E-state index contributed by atoms with van der Waals surface area (Å²) in [6.07, 6.45) is 0. The van der Waals surface area contributed by atoms with Crippen molar-refractivity contribution in [3.63, 3.8) is 0 Å². The third-order valence-electron chi connectivity index (χ3n) is 4.00. The zero-order valence-corrected chi connectivity index (χ0v) is 19.4. The summed E-state index contributed by atoms with van der Waals surface area (Å²) in [5, 5.41) is 9.30. The van der Waals surface area contributed by atoms with Gasteiger partial charge < -0.3 is 25.4 Å². The fourth-order valence-corrected chi connectivity index (χ4v) is 2.55. The van der Waals surface area contributed by atoms with Crippen molar-refractivity contribution in [3.8, 4) is 11.5 Å². The Hall–Kier alpha value is -2.49. The quantitative estimate of drug-likeness (QED) is 0.208. The molecule has 8 heteroatoms. The van der Waals surface area contributed by atoms with Gasteiger partial charge in [0.2, 0.25) is 0 Å². The topological polar surface area (TPSA) is 84.0 Å². The highest BCUT2D eigenvalue weighted by atomic mass is 127. The summed E-state index contributed by atoms with van der Waals surface area (Å²) in [4.78, 5) is 16.3. The maximum Gasteiger partial charge on any atom is 0.251 e. The largest absolute Gasteiger partial charge is 0.497 e. The van der Waals surface area contributed by atoms with E-state index in [1.165, 1.54) is 0 Å². The second kappa shape index (κ2) is 13.6. The first-order valence-corrected chi connectivity index (χ1v) is 9.25. The van der Waals surface area contributed by atoms with Gasteiger partial charge in [-0.1, -0.05) is 18.2 Å². The molecule has 3 N–H and O–H groups in total. The maximum atomic E-state index is 12.1. The summed E-state index contributed by atoms with van der Waals surface area (Å²) in [5.41, 5.74) is 1.65. The van der Waals surface area contributed by atoms with Crippen LogP contribution in [-0.2, 0) is 6.54 Å². The number of carbonyl (C=O) groups excluding carboxylic acids is 1. The Morgan fingerprint density at radius 2 is 1.69 bits per heavy atom. The van der Waals surface area contributed by atoms with Crippen LogP contribution >= 0.6 is 24.0 Å². The van der Waals surface area contributed by atoms with Gasteiger partial charge in [0.05, 0.1) is 13.7 Å². The first kappa shape index (κ1) is 24.5. The number of guanidine groups is 1. The molecule has 0 atom stereocenters. The molecule has 2 rings (SSSR count). The van der Waals surface area contributed by atoms with E-state index in [-0.39, 0.29) is 29.9 Å². The Morgan fingerprint density at radius 3 is 2.34 bits per heavy atom. The third-order valence-corrected chi connectivity index (χ3v) is 4.00. The van der Waals surface area contributed by atoms with E-state index in [0.717, 1.165) is 17.1 Å². The molecule has 2 aromatic rings. The summed E-state index contributed by atoms with van der Waals surface area (Å²) in [5.74, 6) is 2.11. The van der Waals surface area contributed by atoms with E-state index >= 15 is 0 Å². The van der Waals surface area contributed by atoms with Crippen LogP contribution in [0.4, 0.5) is 0 Å². The number of nitrogens with zero attached hydrogens (tertiary/aromatic N) is 1. The molecule has 0 unspecified atom stereocenters. The lowest BCUT2D eigenvalue weighted by atomic mass is 10.2. The number of methoxy groups -OCH3 is 1. The zero-order chi connectivity index (χ0) is 20.2. The molecule has 1 amide bonds. The van der Waals surface area contributed by atoms with Crippen LogP contribution in [0.15, 0.2) is 53.5 Å². The van der Waals surface area contributed by atoms with Gasteiger partial charge in [-0.3, -0.25) is 9.79 Å². The molecule has 0 aliphatic carbocycles. The molecule has 0 aliphatic rings. The minimum absolute atomic E-state index is 0. The van der Waals surface area contributed by atoms with Crippen molar-refractivity contribution in [2.45, 2.75) is 13.5 Å². The van der Waals surface area contributed by atoms with Crippen molar-refractivity contribution in [1.29, 1.82) is 0 Å². The molecule has 29 heavy (non-hydrogen) atoms. The number of ether oxygens (including phenoxy) is 2. The summed E-state index contributed by atoms with van der Waals surface area (Å²) >= 11 is 0. The van der Waals surface area contributed by atoms with E-state index in [2.05, 4.69) is 20.9 Å². The number of benzene rings is 2. The molecule has 0 spiro atoms. The van der Waals surface area contributed by atoms with E-state index in [1.54, 1.807) is 38.4 Å². The van der Waals surface area contributed by atoms with Crippen LogP contribution in [0.2, 0.25) is 0 Å². The third kappa shape index (κ3) is 8.18. The van der Waals surface area contributed by atoms with Crippen LogP contribution in [0.1, 0.15) is 22.8 Å². The van der Waals surface area contributed by atoms with Gasteiger partial charge in [0.25, 0.3) is 5.91 Å². The van der Waals surface area contributed by atoms with Crippen molar-refractivity contribution >= 4 is 35.8 Å². The predicted octanol–water partition coefficient (Wildman–Crippen LogP) is 2.81. The molecule has 7 nitrogen and oxygen atoms in total. The molecule has 0 heterocycles. The molecule has 0 saturated carbocycles. The van der Waals surface area contributed by atoms with Gasteiger partial charge in [0.15, 0.2) is 5.96 Å². The molecule has 158 valence electrons. The van der Waals surface area contributed by atoms with Crippen molar-refractivity contribution in [3.05, 3.63) is 59.7 Å². The molecule has 0 aromatic heterocycles. The van der Waals surface area contributed by atoms with Crippen molar-refractivity contribution in [1.82, 2.24) is 16.0 Å². The number of para-hydroxylation sites is 1. The number of rotatable bonds is 9. The Kier molecular flexibility index (Phi) is 11.6. The molecule has 0 radical (unpaired) electrons. The second-order valence-electron chi connectivity index (χ2n) is 5.88. The minimum Gasteiger partial charge on any atom is -0.497 e. The smallest absolute Gasteiger partial charge is 0.251 e. The highest BCUT2D eigenvalue weighted by Gasteiger charge is 2.06. The van der Waals surface area contributed by atoms with Crippen LogP contribution in [-0.4, -0.2) is 45.7 Å². The monoisotopic (exact) mass is 512 g/mol. The Bertz CT molecular complexity index is 782. The number of nitrogens with one attached hydrogen (secondary N) is 3. The molecular formula is C21H29IN4O3. The SMILES string of the molecule is CCOc1ccccc1CNC(=NC)NCCNC(=O)c1ccc(OC)cc1.I. The number of halogens is 1. The first-order chi connectivity index (χ1) is 13.7. The normalized spacial score (nSPS) is 10.5. The lowest BCUT2D eigenvalue weighted by Crippen LogP contribution is -2.41. The number of hydrogen-bond donors (Lipinski definition) is 3. The highest BCUT2D eigenvalue weighted by molar-refractivity contribution is 14.0. The van der Waals surface area contributed by atoms with Crippen molar-refractivity contribution in [2.24, 2.45) is 4.99 Å². The Balaban J connectivity index is 0.00000420. The van der Waals surface area contributed by atoms with E-state index in [1.807, 2.05) is 31.2 Å². The zero-order valence-electron chi connectivity index (χ0n) is 17.0. The lowest BCUT2D eigenvalue weighted by Gasteiger charge is -2.14. The van der Waals surface area contributed by atoms with Crippen LogP contribution < -0.4 is 25.4 Å². The molecule has 0 bridgehead atoms. The Labute approximate surface area is 189 Å². The fourth-order valence-electron chi connectivity index (χ4n) is 2.55. The number of carbonyl (C=O) groups is 1. The maximum absolute atomic E-state index is 12.1. The van der Waals surface area contributed by atoms with Crippen LogP contribution in [0.5, 0.6) is 11.5 Å². The van der Waals surface area contributed by atoms with Gasteiger partial charge in [-0.2, -0.15) is 0 Å². The summed E-state index contributed by atoms with van der Waals surface area (Å²) in [6, 6.07) is 14.9. The second-order valence-corrected chi connectivity index (χ2v) is 5.88. The van der Waals surface area contributed by atoms with Gasteiger partial charge in [-0.25, -0.2) is 0 Å². The van der Waals surface area contributed by atoms with Crippen LogP contribution in [0, 0.1) is 0 Å².